The summed E-state index contributed by atoms with van der Waals surface area (Å²) in [5.74, 6) is 0.968. The number of hydrogen-bond donors (Lipinski definition) is 1. The van der Waals surface area contributed by atoms with E-state index < -0.39 is 0 Å². The van der Waals surface area contributed by atoms with Crippen LogP contribution in [0.5, 0.6) is 5.75 Å². The quantitative estimate of drug-likeness (QED) is 0.848. The van der Waals surface area contributed by atoms with Gasteiger partial charge in [-0.15, -0.1) is 0 Å². The first-order valence-corrected chi connectivity index (χ1v) is 5.98. The molecule has 0 saturated heterocycles. The average Bonchev–Trinajstić information content (AvgIpc) is 2.29. The average molecular weight is 220 g/mol. The molecule has 2 heteroatoms. The highest BCUT2D eigenvalue weighted by Crippen LogP contribution is 2.43. The van der Waals surface area contributed by atoms with E-state index in [9.17, 15) is 5.11 Å². The number of ether oxygens (including phenoxy) is 1. The monoisotopic (exact) mass is 220 g/mol. The van der Waals surface area contributed by atoms with Crippen LogP contribution in [0.1, 0.15) is 32.8 Å². The van der Waals surface area contributed by atoms with Gasteiger partial charge in [-0.2, -0.15) is 0 Å². The summed E-state index contributed by atoms with van der Waals surface area (Å²) in [5.41, 5.74) is 1.11. The summed E-state index contributed by atoms with van der Waals surface area (Å²) in [6.07, 6.45) is 1.62. The van der Waals surface area contributed by atoms with Gasteiger partial charge >= 0.3 is 0 Å². The van der Waals surface area contributed by atoms with E-state index in [-0.39, 0.29) is 17.6 Å². The van der Waals surface area contributed by atoms with E-state index in [0.29, 0.717) is 0 Å². The molecule has 1 aliphatic rings. The number of aryl methyl sites for hydroxylation is 1. The van der Waals surface area contributed by atoms with Gasteiger partial charge in [-0.05, 0) is 18.1 Å². The van der Waals surface area contributed by atoms with Crippen molar-refractivity contribution < 1.29 is 9.84 Å². The Balaban J connectivity index is 2.11. The number of benzene rings is 1. The van der Waals surface area contributed by atoms with Gasteiger partial charge in [0, 0.05) is 11.8 Å². The molecule has 88 valence electrons. The van der Waals surface area contributed by atoms with E-state index >= 15 is 0 Å². The minimum absolute atomic E-state index is 0.124. The van der Waals surface area contributed by atoms with Crippen LogP contribution in [0, 0.1) is 5.41 Å². The molecule has 0 heterocycles. The van der Waals surface area contributed by atoms with Gasteiger partial charge in [0.15, 0.2) is 0 Å². The highest BCUT2D eigenvalue weighted by atomic mass is 16.5. The van der Waals surface area contributed by atoms with Crippen molar-refractivity contribution in [3.63, 3.8) is 0 Å². The van der Waals surface area contributed by atoms with E-state index in [1.54, 1.807) is 0 Å². The fourth-order valence-corrected chi connectivity index (χ4v) is 2.13. The van der Waals surface area contributed by atoms with Crippen molar-refractivity contribution in [2.75, 3.05) is 0 Å². The third-order valence-corrected chi connectivity index (χ3v) is 3.75. The lowest BCUT2D eigenvalue weighted by Gasteiger charge is -2.48. The van der Waals surface area contributed by atoms with E-state index in [4.69, 9.17) is 4.74 Å². The summed E-state index contributed by atoms with van der Waals surface area (Å²) >= 11 is 0. The molecule has 1 aliphatic carbocycles. The second-order valence-electron chi connectivity index (χ2n) is 5.14. The lowest BCUT2D eigenvalue weighted by Crippen LogP contribution is -2.56. The summed E-state index contributed by atoms with van der Waals surface area (Å²) < 4.78 is 6.00. The van der Waals surface area contributed by atoms with Crippen LogP contribution in [0.25, 0.3) is 0 Å². The predicted molar refractivity (Wildman–Crippen MR) is 64.6 cm³/mol. The first-order valence-electron chi connectivity index (χ1n) is 5.98. The van der Waals surface area contributed by atoms with Gasteiger partial charge in [0.05, 0.1) is 6.10 Å². The molecule has 2 nitrogen and oxygen atoms in total. The van der Waals surface area contributed by atoms with Crippen LogP contribution in [-0.2, 0) is 6.42 Å². The third kappa shape index (κ3) is 1.82. The molecule has 16 heavy (non-hydrogen) atoms. The fraction of sp³-hybridized carbons (Fsp3) is 0.571. The fourth-order valence-electron chi connectivity index (χ4n) is 2.13. The highest BCUT2D eigenvalue weighted by molar-refractivity contribution is 5.33. The molecule has 0 aromatic heterocycles. The molecule has 0 bridgehead atoms. The zero-order valence-corrected chi connectivity index (χ0v) is 10.2. The Morgan fingerprint density at radius 1 is 1.38 bits per heavy atom. The molecule has 1 aromatic carbocycles. The van der Waals surface area contributed by atoms with Crippen LogP contribution in [0.2, 0.25) is 0 Å². The van der Waals surface area contributed by atoms with Crippen molar-refractivity contribution in [2.45, 2.75) is 45.8 Å². The molecule has 0 radical (unpaired) electrons. The molecule has 0 spiro atoms. The number of para-hydroxylation sites is 1. The molecule has 1 saturated carbocycles. The summed E-state index contributed by atoms with van der Waals surface area (Å²) in [6.45, 7) is 6.24. The minimum atomic E-state index is -0.230. The van der Waals surface area contributed by atoms with Crippen molar-refractivity contribution in [3.8, 4) is 5.75 Å². The molecule has 0 aliphatic heterocycles. The Hall–Kier alpha value is -1.02. The maximum atomic E-state index is 9.67. The Kier molecular flexibility index (Phi) is 2.94. The van der Waals surface area contributed by atoms with Gasteiger partial charge in [-0.25, -0.2) is 0 Å². The molecule has 2 rings (SSSR count). The van der Waals surface area contributed by atoms with Gasteiger partial charge in [0.2, 0.25) is 0 Å². The molecule has 1 N–H and O–H groups in total. The van der Waals surface area contributed by atoms with Gasteiger partial charge in [0.1, 0.15) is 11.9 Å². The topological polar surface area (TPSA) is 29.5 Å². The number of rotatable bonds is 3. The molecular formula is C14H20O2. The van der Waals surface area contributed by atoms with Crippen LogP contribution in [0.3, 0.4) is 0 Å². The zero-order chi connectivity index (χ0) is 11.8. The second-order valence-corrected chi connectivity index (χ2v) is 5.14. The Morgan fingerprint density at radius 2 is 2.06 bits per heavy atom. The van der Waals surface area contributed by atoms with Crippen molar-refractivity contribution in [3.05, 3.63) is 29.8 Å². The third-order valence-electron chi connectivity index (χ3n) is 3.75. The molecule has 0 amide bonds. The summed E-state index contributed by atoms with van der Waals surface area (Å²) in [7, 11) is 0. The van der Waals surface area contributed by atoms with Crippen molar-refractivity contribution in [1.82, 2.24) is 0 Å². The summed E-state index contributed by atoms with van der Waals surface area (Å²) in [4.78, 5) is 0. The Morgan fingerprint density at radius 3 is 2.62 bits per heavy atom. The number of hydrogen-bond acceptors (Lipinski definition) is 2. The number of aliphatic hydroxyl groups excluding tert-OH is 1. The zero-order valence-electron chi connectivity index (χ0n) is 10.2. The lowest BCUT2D eigenvalue weighted by molar-refractivity contribution is -0.134. The van der Waals surface area contributed by atoms with Crippen molar-refractivity contribution in [2.24, 2.45) is 5.41 Å². The van der Waals surface area contributed by atoms with E-state index in [0.717, 1.165) is 18.6 Å². The molecule has 1 fully saturated rings. The van der Waals surface area contributed by atoms with Crippen LogP contribution in [-0.4, -0.2) is 17.3 Å². The van der Waals surface area contributed by atoms with Crippen molar-refractivity contribution in [1.29, 1.82) is 0 Å². The second kappa shape index (κ2) is 4.10. The van der Waals surface area contributed by atoms with Crippen LogP contribution in [0.15, 0.2) is 24.3 Å². The van der Waals surface area contributed by atoms with Gasteiger partial charge in [-0.1, -0.05) is 39.0 Å². The van der Waals surface area contributed by atoms with E-state index in [2.05, 4.69) is 26.8 Å². The number of aliphatic hydroxyl groups is 1. The summed E-state index contributed by atoms with van der Waals surface area (Å²) in [6, 6.07) is 8.14. The largest absolute Gasteiger partial charge is 0.489 e. The molecule has 2 atom stereocenters. The van der Waals surface area contributed by atoms with Crippen LogP contribution in [0.4, 0.5) is 0 Å². The lowest BCUT2D eigenvalue weighted by atomic mass is 9.66. The maximum Gasteiger partial charge on any atom is 0.122 e. The predicted octanol–water partition coefficient (Wildman–Crippen LogP) is 2.79. The summed E-state index contributed by atoms with van der Waals surface area (Å²) in [5, 5.41) is 9.67. The Labute approximate surface area is 97.3 Å². The normalized spacial score (nSPS) is 27.2. The van der Waals surface area contributed by atoms with Crippen LogP contribution >= 0.6 is 0 Å². The van der Waals surface area contributed by atoms with Gasteiger partial charge in [-0.3, -0.25) is 0 Å². The SMILES string of the molecule is CCc1ccccc1OC1CC(O)C1(C)C. The molecule has 2 unspecified atom stereocenters. The van der Waals surface area contributed by atoms with Gasteiger partial charge in [0.25, 0.3) is 0 Å². The Bertz CT molecular complexity index is 371. The molecular weight excluding hydrogens is 200 g/mol. The maximum absolute atomic E-state index is 9.67. The van der Waals surface area contributed by atoms with Crippen molar-refractivity contribution >= 4 is 0 Å². The minimum Gasteiger partial charge on any atom is -0.489 e. The first kappa shape index (κ1) is 11.5. The first-order chi connectivity index (χ1) is 7.55. The molecule has 1 aromatic rings. The van der Waals surface area contributed by atoms with E-state index in [1.165, 1.54) is 5.56 Å². The van der Waals surface area contributed by atoms with Gasteiger partial charge < -0.3 is 9.84 Å². The van der Waals surface area contributed by atoms with Crippen LogP contribution < -0.4 is 4.74 Å². The smallest absolute Gasteiger partial charge is 0.122 e. The standard InChI is InChI=1S/C14H20O2/c1-4-10-7-5-6-8-11(10)16-13-9-12(15)14(13,2)3/h5-8,12-13,15H,4,9H2,1-3H3. The highest BCUT2D eigenvalue weighted by Gasteiger charge is 2.49. The van der Waals surface area contributed by atoms with E-state index in [1.807, 2.05) is 18.2 Å².